The smallest absolute Gasteiger partial charge is 0.306 e. The molecule has 1 unspecified atom stereocenters. The second-order valence-electron chi connectivity index (χ2n) is 10.3. The highest BCUT2D eigenvalue weighted by atomic mass is 16.6. The van der Waals surface area contributed by atoms with Crippen molar-refractivity contribution in [2.45, 2.75) is 95.1 Å². The summed E-state index contributed by atoms with van der Waals surface area (Å²) < 4.78 is 5.01. The number of nitrogens with one attached hydrogen (secondary N) is 4. The van der Waals surface area contributed by atoms with Crippen LogP contribution in [0.5, 0.6) is 0 Å². The molecule has 1 aromatic carbocycles. The van der Waals surface area contributed by atoms with Crippen LogP contribution in [0, 0.1) is 0 Å². The molecule has 3 aliphatic rings. The summed E-state index contributed by atoms with van der Waals surface area (Å²) in [6.07, 6.45) is 4.32. The first kappa shape index (κ1) is 27.6. The maximum Gasteiger partial charge on any atom is 0.306 e. The standard InChI is InChI=1S/C27H37N5O6/c1-16(28-2)24(34)31-20-9-4-3-8-19-10-11-21(32(19)27(20)37)25(35)29-15-17-6-5-7-18(14-17)30-26(36)22-12-13-23(33)38-22/h5-7,14,16,19-22,28H,3-4,8-13,15H2,1-2H3,(H,29,35)(H,30,36)(H,31,34)/t16-,19?,20-,21-,22-/m0/s1. The van der Waals surface area contributed by atoms with Crippen LogP contribution in [0.3, 0.4) is 0 Å². The fraction of sp³-hybridized carbons (Fsp3) is 0.593. The molecule has 3 aliphatic heterocycles. The van der Waals surface area contributed by atoms with E-state index in [1.54, 1.807) is 37.1 Å². The molecule has 3 saturated heterocycles. The summed E-state index contributed by atoms with van der Waals surface area (Å²) in [5, 5.41) is 11.5. The van der Waals surface area contributed by atoms with Crippen molar-refractivity contribution < 1.29 is 28.7 Å². The fourth-order valence-corrected chi connectivity index (χ4v) is 5.35. The highest BCUT2D eigenvalue weighted by molar-refractivity contribution is 5.97. The highest BCUT2D eigenvalue weighted by Crippen LogP contribution is 2.31. The van der Waals surface area contributed by atoms with Gasteiger partial charge in [0.15, 0.2) is 6.10 Å². The van der Waals surface area contributed by atoms with Gasteiger partial charge in [0.1, 0.15) is 12.1 Å². The Balaban J connectivity index is 1.37. The van der Waals surface area contributed by atoms with Crippen molar-refractivity contribution in [2.75, 3.05) is 12.4 Å². The van der Waals surface area contributed by atoms with Crippen LogP contribution in [0.4, 0.5) is 5.69 Å². The Kier molecular flexibility index (Phi) is 8.98. The number of rotatable bonds is 8. The van der Waals surface area contributed by atoms with Gasteiger partial charge in [-0.25, -0.2) is 0 Å². The molecule has 3 fully saturated rings. The Labute approximate surface area is 222 Å². The first-order chi connectivity index (χ1) is 18.3. The van der Waals surface area contributed by atoms with E-state index in [0.717, 1.165) is 31.2 Å². The molecule has 0 aromatic heterocycles. The lowest BCUT2D eigenvalue weighted by Crippen LogP contribution is -2.57. The normalized spacial score (nSPS) is 26.0. The van der Waals surface area contributed by atoms with Gasteiger partial charge in [-0.15, -0.1) is 0 Å². The Morgan fingerprint density at radius 1 is 1.05 bits per heavy atom. The van der Waals surface area contributed by atoms with E-state index in [-0.39, 0.29) is 48.6 Å². The molecule has 11 nitrogen and oxygen atoms in total. The minimum Gasteiger partial charge on any atom is -0.452 e. The van der Waals surface area contributed by atoms with Crippen LogP contribution in [0.25, 0.3) is 0 Å². The van der Waals surface area contributed by atoms with Crippen LogP contribution in [0.15, 0.2) is 24.3 Å². The van der Waals surface area contributed by atoms with Crippen molar-refractivity contribution in [3.8, 4) is 0 Å². The van der Waals surface area contributed by atoms with Gasteiger partial charge in [0.25, 0.3) is 5.91 Å². The van der Waals surface area contributed by atoms with E-state index >= 15 is 0 Å². The van der Waals surface area contributed by atoms with Crippen LogP contribution >= 0.6 is 0 Å². The van der Waals surface area contributed by atoms with Crippen LogP contribution in [-0.4, -0.2) is 71.8 Å². The first-order valence-electron chi connectivity index (χ1n) is 13.4. The number of cyclic esters (lactones) is 1. The van der Waals surface area contributed by atoms with Gasteiger partial charge in [0.05, 0.1) is 6.04 Å². The van der Waals surface area contributed by atoms with E-state index in [1.807, 2.05) is 6.07 Å². The number of hydrogen-bond donors (Lipinski definition) is 4. The molecule has 3 heterocycles. The quantitative estimate of drug-likeness (QED) is 0.369. The van der Waals surface area contributed by atoms with Crippen LogP contribution in [0.2, 0.25) is 0 Å². The van der Waals surface area contributed by atoms with Crippen molar-refractivity contribution in [3.63, 3.8) is 0 Å². The Morgan fingerprint density at radius 2 is 1.84 bits per heavy atom. The van der Waals surface area contributed by atoms with E-state index in [2.05, 4.69) is 21.3 Å². The maximum atomic E-state index is 13.5. The Bertz CT molecular complexity index is 1080. The minimum atomic E-state index is -0.786. The number of amides is 4. The number of hydrogen-bond acceptors (Lipinski definition) is 7. The number of benzene rings is 1. The summed E-state index contributed by atoms with van der Waals surface area (Å²) in [5.74, 6) is -1.42. The third-order valence-electron chi connectivity index (χ3n) is 7.62. The van der Waals surface area contributed by atoms with E-state index < -0.39 is 24.2 Å². The zero-order valence-corrected chi connectivity index (χ0v) is 22.0. The van der Waals surface area contributed by atoms with Gasteiger partial charge in [-0.2, -0.15) is 0 Å². The highest BCUT2D eigenvalue weighted by Gasteiger charge is 2.43. The van der Waals surface area contributed by atoms with Crippen molar-refractivity contribution >= 4 is 35.3 Å². The molecule has 0 bridgehead atoms. The Morgan fingerprint density at radius 3 is 2.58 bits per heavy atom. The molecule has 0 radical (unpaired) electrons. The number of likely N-dealkylation sites (N-methyl/N-ethyl adjacent to an activating group) is 1. The average molecular weight is 528 g/mol. The number of carbonyl (C=O) groups is 5. The van der Waals surface area contributed by atoms with Crippen molar-refractivity contribution in [1.82, 2.24) is 20.9 Å². The summed E-state index contributed by atoms with van der Waals surface area (Å²) in [7, 11) is 1.69. The molecule has 11 heteroatoms. The summed E-state index contributed by atoms with van der Waals surface area (Å²) in [6, 6.07) is 5.41. The second kappa shape index (κ2) is 12.4. The van der Waals surface area contributed by atoms with Gasteiger partial charge in [0.2, 0.25) is 17.7 Å². The molecule has 4 amide bonds. The van der Waals surface area contributed by atoms with Crippen LogP contribution in [0.1, 0.15) is 63.9 Å². The largest absolute Gasteiger partial charge is 0.452 e. The lowest BCUT2D eigenvalue weighted by Gasteiger charge is -2.35. The summed E-state index contributed by atoms with van der Waals surface area (Å²) in [4.78, 5) is 64.6. The van der Waals surface area contributed by atoms with E-state index in [4.69, 9.17) is 4.74 Å². The fourth-order valence-electron chi connectivity index (χ4n) is 5.35. The molecule has 4 N–H and O–H groups in total. The molecular weight excluding hydrogens is 490 g/mol. The Hall–Kier alpha value is -3.47. The maximum absolute atomic E-state index is 13.5. The summed E-state index contributed by atoms with van der Waals surface area (Å²) in [6.45, 7) is 1.96. The third-order valence-corrected chi connectivity index (χ3v) is 7.62. The van der Waals surface area contributed by atoms with Crippen molar-refractivity contribution in [2.24, 2.45) is 0 Å². The van der Waals surface area contributed by atoms with E-state index in [9.17, 15) is 24.0 Å². The number of nitrogens with zero attached hydrogens (tertiary/aromatic N) is 1. The molecule has 38 heavy (non-hydrogen) atoms. The monoisotopic (exact) mass is 527 g/mol. The summed E-state index contributed by atoms with van der Waals surface area (Å²) in [5.41, 5.74) is 1.32. The topological polar surface area (TPSA) is 146 Å². The molecule has 0 spiro atoms. The predicted molar refractivity (Wildman–Crippen MR) is 139 cm³/mol. The molecule has 4 rings (SSSR count). The average Bonchev–Trinajstić information content (AvgIpc) is 3.53. The van der Waals surface area contributed by atoms with Gasteiger partial charge < -0.3 is 30.9 Å². The molecule has 1 aromatic rings. The SMILES string of the molecule is CN[C@@H](C)C(=O)N[C@H]1CCCCC2CC[C@@H](C(=O)NCc3cccc(NC(=O)[C@@H]4CCC(=O)O4)c3)N2C1=O. The molecule has 206 valence electrons. The minimum absolute atomic E-state index is 0.0112. The number of esters is 1. The van der Waals surface area contributed by atoms with Gasteiger partial charge in [-0.05, 0) is 57.4 Å². The first-order valence-corrected chi connectivity index (χ1v) is 13.4. The summed E-state index contributed by atoms with van der Waals surface area (Å²) >= 11 is 0. The lowest BCUT2D eigenvalue weighted by atomic mass is 9.98. The number of fused-ring (bicyclic) bond motifs is 1. The number of ether oxygens (including phenoxy) is 1. The molecule has 5 atom stereocenters. The molecule has 0 saturated carbocycles. The van der Waals surface area contributed by atoms with Crippen molar-refractivity contribution in [3.05, 3.63) is 29.8 Å². The van der Waals surface area contributed by atoms with E-state index in [1.165, 1.54) is 0 Å². The van der Waals surface area contributed by atoms with Crippen LogP contribution < -0.4 is 21.3 Å². The van der Waals surface area contributed by atoms with Gasteiger partial charge in [-0.3, -0.25) is 24.0 Å². The van der Waals surface area contributed by atoms with E-state index in [0.29, 0.717) is 24.9 Å². The second-order valence-corrected chi connectivity index (χ2v) is 10.3. The third kappa shape index (κ3) is 6.50. The van der Waals surface area contributed by atoms with Gasteiger partial charge in [-0.1, -0.05) is 25.0 Å². The zero-order chi connectivity index (χ0) is 27.2. The molecular formula is C27H37N5O6. The zero-order valence-electron chi connectivity index (χ0n) is 22.0. The van der Waals surface area contributed by atoms with Crippen LogP contribution in [-0.2, 0) is 35.3 Å². The van der Waals surface area contributed by atoms with Crippen molar-refractivity contribution in [1.29, 1.82) is 0 Å². The predicted octanol–water partition coefficient (Wildman–Crippen LogP) is 0.973. The number of anilines is 1. The van der Waals surface area contributed by atoms with Gasteiger partial charge in [0, 0.05) is 31.1 Å². The van der Waals surface area contributed by atoms with Gasteiger partial charge >= 0.3 is 5.97 Å². The molecule has 0 aliphatic carbocycles. The number of carbonyl (C=O) groups excluding carboxylic acids is 5. The lowest BCUT2D eigenvalue weighted by molar-refractivity contribution is -0.146.